The van der Waals surface area contributed by atoms with Gasteiger partial charge in [0.05, 0.1) is 23.0 Å². The smallest absolute Gasteiger partial charge is 0.256 e. The van der Waals surface area contributed by atoms with Crippen LogP contribution in [0.1, 0.15) is 28.7 Å². The number of hydrogen-bond acceptors (Lipinski definition) is 5. The lowest BCUT2D eigenvalue weighted by atomic mass is 10.1. The van der Waals surface area contributed by atoms with E-state index < -0.39 is 0 Å². The van der Waals surface area contributed by atoms with E-state index in [4.69, 9.17) is 5.73 Å². The van der Waals surface area contributed by atoms with Crippen LogP contribution in [0.3, 0.4) is 0 Å². The molecule has 0 saturated carbocycles. The maximum atomic E-state index is 12.8. The number of aromatic nitrogens is 2. The van der Waals surface area contributed by atoms with Crippen LogP contribution in [0.15, 0.2) is 6.07 Å². The third-order valence-corrected chi connectivity index (χ3v) is 3.78. The van der Waals surface area contributed by atoms with Gasteiger partial charge >= 0.3 is 0 Å². The molecule has 1 amide bonds. The standard InChI is InChI=1S/C14H23N5O/c1-4-13-12(7-10(2)16-17-13)14(20)19-6-5-18(3)9-11(19)8-15/h7,11H,4-6,8-9,15H2,1-3H3. The molecule has 0 aromatic carbocycles. The van der Waals surface area contributed by atoms with Gasteiger partial charge in [-0.15, -0.1) is 0 Å². The van der Waals surface area contributed by atoms with Crippen molar-refractivity contribution >= 4 is 5.91 Å². The number of hydrogen-bond donors (Lipinski definition) is 1. The van der Waals surface area contributed by atoms with Gasteiger partial charge in [-0.3, -0.25) is 4.79 Å². The topological polar surface area (TPSA) is 75.4 Å². The highest BCUT2D eigenvalue weighted by Crippen LogP contribution is 2.16. The van der Waals surface area contributed by atoms with Crippen LogP contribution in [0.5, 0.6) is 0 Å². The molecule has 20 heavy (non-hydrogen) atoms. The van der Waals surface area contributed by atoms with Gasteiger partial charge < -0.3 is 15.5 Å². The number of aryl methyl sites for hydroxylation is 2. The first-order valence-electron chi connectivity index (χ1n) is 7.09. The lowest BCUT2D eigenvalue weighted by Crippen LogP contribution is -2.56. The van der Waals surface area contributed by atoms with Crippen LogP contribution in [-0.4, -0.2) is 65.2 Å². The fraction of sp³-hybridized carbons (Fsp3) is 0.643. The molecule has 1 aliphatic rings. The molecule has 0 bridgehead atoms. The Labute approximate surface area is 120 Å². The van der Waals surface area contributed by atoms with Crippen molar-refractivity contribution < 1.29 is 4.79 Å². The summed E-state index contributed by atoms with van der Waals surface area (Å²) >= 11 is 0. The van der Waals surface area contributed by atoms with E-state index in [0.29, 0.717) is 25.1 Å². The highest BCUT2D eigenvalue weighted by atomic mass is 16.2. The van der Waals surface area contributed by atoms with Gasteiger partial charge in [0.15, 0.2) is 0 Å². The number of carbonyl (C=O) groups is 1. The number of piperazine rings is 1. The zero-order chi connectivity index (χ0) is 14.7. The largest absolute Gasteiger partial charge is 0.332 e. The van der Waals surface area contributed by atoms with Gasteiger partial charge in [0.25, 0.3) is 5.91 Å². The molecule has 1 fully saturated rings. The van der Waals surface area contributed by atoms with Crippen LogP contribution in [-0.2, 0) is 6.42 Å². The normalized spacial score (nSPS) is 20.2. The Kier molecular flexibility index (Phi) is 4.67. The Morgan fingerprint density at radius 2 is 2.20 bits per heavy atom. The van der Waals surface area contributed by atoms with Crippen LogP contribution in [0, 0.1) is 6.92 Å². The molecule has 6 heteroatoms. The van der Waals surface area contributed by atoms with E-state index in [9.17, 15) is 4.79 Å². The minimum atomic E-state index is 0.0309. The van der Waals surface area contributed by atoms with E-state index >= 15 is 0 Å². The van der Waals surface area contributed by atoms with Gasteiger partial charge in [-0.2, -0.15) is 10.2 Å². The molecule has 2 heterocycles. The van der Waals surface area contributed by atoms with Crippen molar-refractivity contribution in [1.82, 2.24) is 20.0 Å². The molecule has 1 unspecified atom stereocenters. The second-order valence-electron chi connectivity index (χ2n) is 5.35. The van der Waals surface area contributed by atoms with E-state index in [-0.39, 0.29) is 11.9 Å². The SMILES string of the molecule is CCc1nnc(C)cc1C(=O)N1CCN(C)CC1CN. The molecule has 1 aromatic rings. The van der Waals surface area contributed by atoms with Gasteiger partial charge in [-0.05, 0) is 26.5 Å². The minimum absolute atomic E-state index is 0.0309. The first kappa shape index (κ1) is 14.9. The molecule has 1 atom stereocenters. The second-order valence-corrected chi connectivity index (χ2v) is 5.35. The third kappa shape index (κ3) is 2.96. The summed E-state index contributed by atoms with van der Waals surface area (Å²) in [5.41, 5.74) is 8.02. The van der Waals surface area contributed by atoms with Crippen molar-refractivity contribution in [2.45, 2.75) is 26.3 Å². The summed E-state index contributed by atoms with van der Waals surface area (Å²) in [7, 11) is 2.06. The van der Waals surface area contributed by atoms with E-state index in [0.717, 1.165) is 24.5 Å². The zero-order valence-electron chi connectivity index (χ0n) is 12.5. The molecule has 110 valence electrons. The number of amides is 1. The molecular weight excluding hydrogens is 254 g/mol. The fourth-order valence-electron chi connectivity index (χ4n) is 2.59. The quantitative estimate of drug-likeness (QED) is 0.845. The number of rotatable bonds is 3. The molecule has 0 radical (unpaired) electrons. The van der Waals surface area contributed by atoms with Crippen molar-refractivity contribution in [1.29, 1.82) is 0 Å². The fourth-order valence-corrected chi connectivity index (χ4v) is 2.59. The van der Waals surface area contributed by atoms with E-state index in [1.807, 2.05) is 24.8 Å². The average molecular weight is 277 g/mol. The van der Waals surface area contributed by atoms with Crippen molar-refractivity contribution in [3.05, 3.63) is 23.0 Å². The summed E-state index contributed by atoms with van der Waals surface area (Å²) in [6, 6.07) is 1.90. The molecule has 1 aliphatic heterocycles. The average Bonchev–Trinajstić information content (AvgIpc) is 2.46. The molecule has 6 nitrogen and oxygen atoms in total. The zero-order valence-corrected chi connectivity index (χ0v) is 12.5. The monoisotopic (exact) mass is 277 g/mol. The Hall–Kier alpha value is -1.53. The molecule has 2 N–H and O–H groups in total. The highest BCUT2D eigenvalue weighted by molar-refractivity contribution is 5.95. The first-order chi connectivity index (χ1) is 9.56. The van der Waals surface area contributed by atoms with E-state index in [2.05, 4.69) is 22.1 Å². The molecule has 0 aliphatic carbocycles. The minimum Gasteiger partial charge on any atom is -0.332 e. The predicted octanol–water partition coefficient (Wildman–Crippen LogP) is 0.0623. The summed E-state index contributed by atoms with van der Waals surface area (Å²) in [4.78, 5) is 16.9. The van der Waals surface area contributed by atoms with E-state index in [1.54, 1.807) is 0 Å². The summed E-state index contributed by atoms with van der Waals surface area (Å²) in [6.45, 7) is 6.73. The van der Waals surface area contributed by atoms with Gasteiger partial charge in [0, 0.05) is 26.2 Å². The number of nitrogens with two attached hydrogens (primary N) is 1. The van der Waals surface area contributed by atoms with Gasteiger partial charge in [0.1, 0.15) is 0 Å². The van der Waals surface area contributed by atoms with Crippen LogP contribution < -0.4 is 5.73 Å². The number of carbonyl (C=O) groups excluding carboxylic acids is 1. The summed E-state index contributed by atoms with van der Waals surface area (Å²) in [5, 5.41) is 8.18. The van der Waals surface area contributed by atoms with Gasteiger partial charge in [-0.25, -0.2) is 0 Å². The van der Waals surface area contributed by atoms with Crippen LogP contribution in [0.4, 0.5) is 0 Å². The Balaban J connectivity index is 2.28. The third-order valence-electron chi connectivity index (χ3n) is 3.78. The second kappa shape index (κ2) is 6.28. The summed E-state index contributed by atoms with van der Waals surface area (Å²) in [5.74, 6) is 0.0309. The molecule has 2 rings (SSSR count). The molecule has 0 spiro atoms. The summed E-state index contributed by atoms with van der Waals surface area (Å²) in [6.07, 6.45) is 0.704. The predicted molar refractivity (Wildman–Crippen MR) is 77.5 cm³/mol. The Morgan fingerprint density at radius 3 is 2.85 bits per heavy atom. The van der Waals surface area contributed by atoms with Crippen molar-refractivity contribution in [3.8, 4) is 0 Å². The van der Waals surface area contributed by atoms with Crippen LogP contribution in [0.2, 0.25) is 0 Å². The van der Waals surface area contributed by atoms with E-state index in [1.165, 1.54) is 0 Å². The number of likely N-dealkylation sites (N-methyl/N-ethyl adjacent to an activating group) is 1. The molecule has 1 aromatic heterocycles. The molecule has 1 saturated heterocycles. The van der Waals surface area contributed by atoms with Crippen LogP contribution >= 0.6 is 0 Å². The number of nitrogens with zero attached hydrogens (tertiary/aromatic N) is 4. The lowest BCUT2D eigenvalue weighted by Gasteiger charge is -2.39. The van der Waals surface area contributed by atoms with Crippen molar-refractivity contribution in [2.24, 2.45) is 5.73 Å². The maximum Gasteiger partial charge on any atom is 0.256 e. The summed E-state index contributed by atoms with van der Waals surface area (Å²) < 4.78 is 0. The van der Waals surface area contributed by atoms with Crippen LogP contribution in [0.25, 0.3) is 0 Å². The van der Waals surface area contributed by atoms with Crippen molar-refractivity contribution in [2.75, 3.05) is 33.2 Å². The first-order valence-corrected chi connectivity index (χ1v) is 7.09. The van der Waals surface area contributed by atoms with Crippen molar-refractivity contribution in [3.63, 3.8) is 0 Å². The molecular formula is C14H23N5O. The lowest BCUT2D eigenvalue weighted by molar-refractivity contribution is 0.0514. The van der Waals surface area contributed by atoms with Gasteiger partial charge in [-0.1, -0.05) is 6.92 Å². The Bertz CT molecular complexity index is 490. The van der Waals surface area contributed by atoms with Gasteiger partial charge in [0.2, 0.25) is 0 Å². The highest BCUT2D eigenvalue weighted by Gasteiger charge is 2.30. The Morgan fingerprint density at radius 1 is 1.45 bits per heavy atom. The maximum absolute atomic E-state index is 12.8.